The number of halogens is 1. The van der Waals surface area contributed by atoms with Crippen LogP contribution >= 0.6 is 35.3 Å². The number of rotatable bonds is 7. The number of guanidine groups is 1. The van der Waals surface area contributed by atoms with Crippen LogP contribution in [0, 0.1) is 0 Å². The van der Waals surface area contributed by atoms with E-state index in [-0.39, 0.29) is 41.8 Å². The Morgan fingerprint density at radius 3 is 2.54 bits per heavy atom. The highest BCUT2D eigenvalue weighted by Gasteiger charge is 2.17. The molecule has 0 fully saturated rings. The first-order chi connectivity index (χ1) is 11.6. The summed E-state index contributed by atoms with van der Waals surface area (Å²) in [6, 6.07) is 0.299. The van der Waals surface area contributed by atoms with Gasteiger partial charge in [0.05, 0.1) is 10.7 Å². The molecule has 8 heteroatoms. The standard InChI is InChI=1S/C18H33N5OS.HI/c1-8-13(2)21-17(20-11-15(24)23(6)7)19-10-9-14-12-25-16(22-14)18(3,4)5;/h12-13H,8-11H2,1-7H3,(H2,19,20,21);1H. The normalized spacial score (nSPS) is 13.0. The first kappa shape index (κ1) is 25.1. The van der Waals surface area contributed by atoms with Crippen molar-refractivity contribution in [3.8, 4) is 0 Å². The predicted octanol–water partition coefficient (Wildman–Crippen LogP) is 3.02. The van der Waals surface area contributed by atoms with Gasteiger partial charge < -0.3 is 15.5 Å². The maximum Gasteiger partial charge on any atom is 0.243 e. The lowest BCUT2D eigenvalue weighted by Gasteiger charge is -2.17. The highest BCUT2D eigenvalue weighted by atomic mass is 127. The first-order valence-electron chi connectivity index (χ1n) is 8.83. The highest BCUT2D eigenvalue weighted by molar-refractivity contribution is 14.0. The zero-order valence-electron chi connectivity index (χ0n) is 17.0. The molecule has 0 aromatic carbocycles. The Hall–Kier alpha value is -0.900. The van der Waals surface area contributed by atoms with Crippen LogP contribution in [0.25, 0.3) is 0 Å². The van der Waals surface area contributed by atoms with Gasteiger partial charge in [0.15, 0.2) is 5.96 Å². The molecule has 2 N–H and O–H groups in total. The van der Waals surface area contributed by atoms with Crippen LogP contribution < -0.4 is 10.6 Å². The van der Waals surface area contributed by atoms with E-state index in [2.05, 4.69) is 55.6 Å². The lowest BCUT2D eigenvalue weighted by atomic mass is 9.98. The number of aromatic nitrogens is 1. The quantitative estimate of drug-likeness (QED) is 0.347. The van der Waals surface area contributed by atoms with Crippen LogP contribution in [0.4, 0.5) is 0 Å². The summed E-state index contributed by atoms with van der Waals surface area (Å²) >= 11 is 1.71. The molecule has 1 amide bonds. The number of carbonyl (C=O) groups excluding carboxylic acids is 1. The van der Waals surface area contributed by atoms with Crippen LogP contribution in [-0.2, 0) is 16.6 Å². The molecule has 1 rings (SSSR count). The molecule has 1 heterocycles. The van der Waals surface area contributed by atoms with Gasteiger partial charge in [0.2, 0.25) is 5.91 Å². The van der Waals surface area contributed by atoms with E-state index in [1.165, 1.54) is 0 Å². The minimum atomic E-state index is -0.0143. The van der Waals surface area contributed by atoms with Gasteiger partial charge in [0.25, 0.3) is 0 Å². The molecule has 26 heavy (non-hydrogen) atoms. The van der Waals surface area contributed by atoms with E-state index in [1.807, 2.05) is 0 Å². The molecule has 0 bridgehead atoms. The number of hydrogen-bond acceptors (Lipinski definition) is 4. The lowest BCUT2D eigenvalue weighted by molar-refractivity contribution is -0.127. The molecule has 0 aliphatic rings. The van der Waals surface area contributed by atoms with Crippen LogP contribution in [0.5, 0.6) is 0 Å². The van der Waals surface area contributed by atoms with Gasteiger partial charge in [-0.05, 0) is 13.3 Å². The molecule has 0 aliphatic heterocycles. The summed E-state index contributed by atoms with van der Waals surface area (Å²) in [4.78, 5) is 22.4. The van der Waals surface area contributed by atoms with Gasteiger partial charge in [0, 0.05) is 43.9 Å². The molecule has 1 unspecified atom stereocenters. The van der Waals surface area contributed by atoms with E-state index in [9.17, 15) is 4.79 Å². The fourth-order valence-electron chi connectivity index (χ4n) is 1.85. The molecule has 150 valence electrons. The van der Waals surface area contributed by atoms with Gasteiger partial charge in [-0.15, -0.1) is 35.3 Å². The van der Waals surface area contributed by atoms with Crippen molar-refractivity contribution in [2.75, 3.05) is 27.2 Å². The molecule has 0 saturated heterocycles. The summed E-state index contributed by atoms with van der Waals surface area (Å²) in [6.45, 7) is 11.6. The number of amides is 1. The number of thiazole rings is 1. The number of nitrogens with one attached hydrogen (secondary N) is 2. The van der Waals surface area contributed by atoms with Gasteiger partial charge >= 0.3 is 0 Å². The van der Waals surface area contributed by atoms with Crippen LogP contribution in [-0.4, -0.2) is 55.0 Å². The second kappa shape index (κ2) is 11.7. The zero-order chi connectivity index (χ0) is 19.0. The molecule has 0 radical (unpaired) electrons. The fourth-order valence-corrected chi connectivity index (χ4v) is 2.79. The summed E-state index contributed by atoms with van der Waals surface area (Å²) in [6.07, 6.45) is 1.82. The van der Waals surface area contributed by atoms with Crippen molar-refractivity contribution in [2.24, 2.45) is 4.99 Å². The van der Waals surface area contributed by atoms with Crippen molar-refractivity contribution in [1.29, 1.82) is 0 Å². The average Bonchev–Trinajstić information content (AvgIpc) is 3.00. The number of carbonyl (C=O) groups is 1. The van der Waals surface area contributed by atoms with E-state index < -0.39 is 0 Å². The Bertz CT molecular complexity index is 580. The Morgan fingerprint density at radius 2 is 2.04 bits per heavy atom. The number of likely N-dealkylation sites (N-methyl/N-ethyl adjacent to an activating group) is 1. The molecule has 1 atom stereocenters. The number of hydrogen-bond donors (Lipinski definition) is 2. The van der Waals surface area contributed by atoms with Crippen molar-refractivity contribution in [2.45, 2.75) is 58.9 Å². The monoisotopic (exact) mass is 495 g/mol. The molecule has 1 aromatic rings. The van der Waals surface area contributed by atoms with E-state index in [0.29, 0.717) is 12.0 Å². The van der Waals surface area contributed by atoms with Crippen LogP contribution in [0.15, 0.2) is 10.4 Å². The third-order valence-corrected chi connectivity index (χ3v) is 5.05. The second-order valence-electron chi connectivity index (χ2n) is 7.48. The summed E-state index contributed by atoms with van der Waals surface area (Å²) in [7, 11) is 3.48. The van der Waals surface area contributed by atoms with Gasteiger partial charge in [-0.2, -0.15) is 0 Å². The highest BCUT2D eigenvalue weighted by Crippen LogP contribution is 2.25. The molecule has 0 aliphatic carbocycles. The Morgan fingerprint density at radius 1 is 1.38 bits per heavy atom. The van der Waals surface area contributed by atoms with E-state index in [0.717, 1.165) is 30.1 Å². The first-order valence-corrected chi connectivity index (χ1v) is 9.71. The molecule has 0 spiro atoms. The molecular weight excluding hydrogens is 461 g/mol. The average molecular weight is 495 g/mol. The van der Waals surface area contributed by atoms with Crippen molar-refractivity contribution in [1.82, 2.24) is 20.5 Å². The summed E-state index contributed by atoms with van der Waals surface area (Å²) in [5, 5.41) is 9.92. The van der Waals surface area contributed by atoms with E-state index in [4.69, 9.17) is 4.98 Å². The molecule has 1 aromatic heterocycles. The summed E-state index contributed by atoms with van der Waals surface area (Å²) in [5.41, 5.74) is 1.18. The molecule has 6 nitrogen and oxygen atoms in total. The third-order valence-electron chi connectivity index (χ3n) is 3.73. The SMILES string of the molecule is CCC(C)NC(=NCC(=O)N(C)C)NCCc1csc(C(C)(C)C)n1.I. The van der Waals surface area contributed by atoms with E-state index >= 15 is 0 Å². The zero-order valence-corrected chi connectivity index (χ0v) is 20.2. The number of nitrogens with zero attached hydrogens (tertiary/aromatic N) is 3. The van der Waals surface area contributed by atoms with E-state index in [1.54, 1.807) is 30.3 Å². The van der Waals surface area contributed by atoms with Crippen molar-refractivity contribution >= 4 is 47.2 Å². The molecule has 0 saturated carbocycles. The van der Waals surface area contributed by atoms with Gasteiger partial charge in [-0.25, -0.2) is 9.98 Å². The Kier molecular flexibility index (Phi) is 11.3. The maximum atomic E-state index is 11.7. The number of aliphatic imine (C=N–C) groups is 1. The lowest BCUT2D eigenvalue weighted by Crippen LogP contribution is -2.43. The summed E-state index contributed by atoms with van der Waals surface area (Å²) < 4.78 is 0. The molecular formula is C18H34IN5OS. The van der Waals surface area contributed by atoms with Crippen LogP contribution in [0.1, 0.15) is 51.7 Å². The minimum absolute atomic E-state index is 0. The van der Waals surface area contributed by atoms with Crippen molar-refractivity contribution in [3.05, 3.63) is 16.1 Å². The Balaban J connectivity index is 0.00000625. The predicted molar refractivity (Wildman–Crippen MR) is 122 cm³/mol. The van der Waals surface area contributed by atoms with Gasteiger partial charge in [-0.3, -0.25) is 4.79 Å². The fraction of sp³-hybridized carbons (Fsp3) is 0.722. The van der Waals surface area contributed by atoms with Gasteiger partial charge in [0.1, 0.15) is 6.54 Å². The largest absolute Gasteiger partial charge is 0.356 e. The van der Waals surface area contributed by atoms with Crippen molar-refractivity contribution < 1.29 is 4.79 Å². The van der Waals surface area contributed by atoms with Crippen molar-refractivity contribution in [3.63, 3.8) is 0 Å². The second-order valence-corrected chi connectivity index (χ2v) is 8.34. The van der Waals surface area contributed by atoms with Crippen LogP contribution in [0.2, 0.25) is 0 Å². The van der Waals surface area contributed by atoms with Gasteiger partial charge in [-0.1, -0.05) is 27.7 Å². The maximum absolute atomic E-state index is 11.7. The minimum Gasteiger partial charge on any atom is -0.356 e. The Labute approximate surface area is 179 Å². The van der Waals surface area contributed by atoms with Crippen LogP contribution in [0.3, 0.4) is 0 Å². The topological polar surface area (TPSA) is 69.6 Å². The smallest absolute Gasteiger partial charge is 0.243 e. The third kappa shape index (κ3) is 9.16. The summed E-state index contributed by atoms with van der Waals surface area (Å²) in [5.74, 6) is 0.662.